The summed E-state index contributed by atoms with van der Waals surface area (Å²) in [6, 6.07) is 10.8. The lowest BCUT2D eigenvalue weighted by atomic mass is 9.89. The lowest BCUT2D eigenvalue weighted by Gasteiger charge is -2.34. The average Bonchev–Trinajstić information content (AvgIpc) is 3.41. The van der Waals surface area contributed by atoms with Crippen LogP contribution in [0.3, 0.4) is 0 Å². The van der Waals surface area contributed by atoms with Crippen molar-refractivity contribution < 1.29 is 4.74 Å². The summed E-state index contributed by atoms with van der Waals surface area (Å²) >= 11 is 0. The van der Waals surface area contributed by atoms with Crippen LogP contribution in [0.15, 0.2) is 30.3 Å². The summed E-state index contributed by atoms with van der Waals surface area (Å²) in [6.45, 7) is 8.49. The molecular formula is C22H31N5O. The predicted molar refractivity (Wildman–Crippen MR) is 109 cm³/mol. The molecule has 1 aromatic heterocycles. The summed E-state index contributed by atoms with van der Waals surface area (Å²) in [4.78, 5) is 4.97. The number of fused-ring (bicyclic) bond motifs is 1. The minimum Gasteiger partial charge on any atom is -0.378 e. The van der Waals surface area contributed by atoms with Crippen LogP contribution in [0.4, 0.5) is 5.95 Å². The summed E-state index contributed by atoms with van der Waals surface area (Å²) < 4.78 is 8.11. The fourth-order valence-electron chi connectivity index (χ4n) is 5.40. The molecule has 3 saturated heterocycles. The molecule has 1 unspecified atom stereocenters. The Labute approximate surface area is 167 Å². The number of hydrogen-bond acceptors (Lipinski definition) is 5. The SMILES string of the molecule is Cn1c(N2CC[C@@H]3OCC[C@@H]3C2)nnc1C1(C)CCN(Cc2ccccc2)C1. The first-order chi connectivity index (χ1) is 13.6. The Morgan fingerprint density at radius 3 is 2.86 bits per heavy atom. The summed E-state index contributed by atoms with van der Waals surface area (Å²) in [7, 11) is 2.15. The van der Waals surface area contributed by atoms with E-state index in [4.69, 9.17) is 4.74 Å². The molecule has 0 bridgehead atoms. The molecule has 3 aliphatic heterocycles. The fraction of sp³-hybridized carbons (Fsp3) is 0.636. The van der Waals surface area contributed by atoms with Crippen LogP contribution < -0.4 is 4.90 Å². The molecule has 0 radical (unpaired) electrons. The van der Waals surface area contributed by atoms with Gasteiger partial charge in [0, 0.05) is 51.2 Å². The molecule has 4 heterocycles. The highest BCUT2D eigenvalue weighted by atomic mass is 16.5. The molecular weight excluding hydrogens is 350 g/mol. The number of anilines is 1. The van der Waals surface area contributed by atoms with Gasteiger partial charge in [-0.15, -0.1) is 10.2 Å². The van der Waals surface area contributed by atoms with Crippen molar-refractivity contribution in [3.8, 4) is 0 Å². The van der Waals surface area contributed by atoms with Gasteiger partial charge in [-0.1, -0.05) is 37.3 Å². The maximum atomic E-state index is 5.86. The van der Waals surface area contributed by atoms with Gasteiger partial charge in [-0.25, -0.2) is 0 Å². The highest BCUT2D eigenvalue weighted by Gasteiger charge is 2.41. The molecule has 0 spiro atoms. The van der Waals surface area contributed by atoms with E-state index in [-0.39, 0.29) is 5.41 Å². The van der Waals surface area contributed by atoms with Gasteiger partial charge in [0.25, 0.3) is 0 Å². The van der Waals surface area contributed by atoms with Crippen molar-refractivity contribution in [2.24, 2.45) is 13.0 Å². The minimum absolute atomic E-state index is 0.0591. The monoisotopic (exact) mass is 381 g/mol. The molecule has 3 atom stereocenters. The van der Waals surface area contributed by atoms with Crippen LogP contribution in [0.1, 0.15) is 37.6 Å². The Bertz CT molecular complexity index is 822. The van der Waals surface area contributed by atoms with Gasteiger partial charge in [0.05, 0.1) is 6.10 Å². The molecule has 6 nitrogen and oxygen atoms in total. The normalized spacial score (nSPS) is 30.7. The van der Waals surface area contributed by atoms with Crippen LogP contribution in [0.25, 0.3) is 0 Å². The van der Waals surface area contributed by atoms with Crippen molar-refractivity contribution in [1.82, 2.24) is 19.7 Å². The zero-order valence-corrected chi connectivity index (χ0v) is 17.0. The first-order valence-corrected chi connectivity index (χ1v) is 10.7. The van der Waals surface area contributed by atoms with Crippen molar-refractivity contribution in [2.45, 2.75) is 44.2 Å². The molecule has 5 rings (SSSR count). The van der Waals surface area contributed by atoms with Crippen molar-refractivity contribution >= 4 is 5.95 Å². The summed E-state index contributed by atoms with van der Waals surface area (Å²) in [5.74, 6) is 2.81. The van der Waals surface area contributed by atoms with Gasteiger partial charge in [-0.2, -0.15) is 0 Å². The van der Waals surface area contributed by atoms with E-state index in [2.05, 4.69) is 68.9 Å². The fourth-order valence-corrected chi connectivity index (χ4v) is 5.40. The van der Waals surface area contributed by atoms with Crippen LogP contribution >= 0.6 is 0 Å². The van der Waals surface area contributed by atoms with Gasteiger partial charge in [0.1, 0.15) is 5.82 Å². The largest absolute Gasteiger partial charge is 0.378 e. The maximum Gasteiger partial charge on any atom is 0.226 e. The molecule has 0 amide bonds. The van der Waals surface area contributed by atoms with Crippen LogP contribution in [-0.2, 0) is 23.7 Å². The van der Waals surface area contributed by atoms with E-state index < -0.39 is 0 Å². The van der Waals surface area contributed by atoms with E-state index in [1.165, 1.54) is 12.0 Å². The van der Waals surface area contributed by atoms with Gasteiger partial charge in [0.15, 0.2) is 0 Å². The highest BCUT2D eigenvalue weighted by Crippen LogP contribution is 2.36. The number of piperidine rings is 1. The van der Waals surface area contributed by atoms with E-state index in [9.17, 15) is 0 Å². The summed E-state index contributed by atoms with van der Waals surface area (Å²) in [5, 5.41) is 9.32. The van der Waals surface area contributed by atoms with Crippen molar-refractivity contribution in [3.63, 3.8) is 0 Å². The van der Waals surface area contributed by atoms with Gasteiger partial charge < -0.3 is 9.64 Å². The molecule has 1 aromatic carbocycles. The third kappa shape index (κ3) is 3.22. The van der Waals surface area contributed by atoms with Crippen molar-refractivity contribution in [1.29, 1.82) is 0 Å². The molecule has 0 aliphatic carbocycles. The second-order valence-corrected chi connectivity index (χ2v) is 9.08. The van der Waals surface area contributed by atoms with Crippen LogP contribution in [0.2, 0.25) is 0 Å². The molecule has 6 heteroatoms. The van der Waals surface area contributed by atoms with Crippen LogP contribution in [0.5, 0.6) is 0 Å². The average molecular weight is 382 g/mol. The van der Waals surface area contributed by atoms with Gasteiger partial charge in [-0.3, -0.25) is 9.47 Å². The van der Waals surface area contributed by atoms with Gasteiger partial charge in [-0.05, 0) is 31.4 Å². The van der Waals surface area contributed by atoms with E-state index in [0.717, 1.165) is 63.9 Å². The lowest BCUT2D eigenvalue weighted by Crippen LogP contribution is -2.42. The van der Waals surface area contributed by atoms with E-state index in [1.54, 1.807) is 0 Å². The van der Waals surface area contributed by atoms with Crippen LogP contribution in [-0.4, -0.2) is 58.6 Å². The minimum atomic E-state index is 0.0591. The molecule has 150 valence electrons. The number of likely N-dealkylation sites (tertiary alicyclic amines) is 1. The topological polar surface area (TPSA) is 46.4 Å². The molecule has 3 fully saturated rings. The molecule has 0 saturated carbocycles. The Balaban J connectivity index is 1.30. The van der Waals surface area contributed by atoms with E-state index in [1.807, 2.05) is 0 Å². The Kier molecular flexibility index (Phi) is 4.63. The van der Waals surface area contributed by atoms with Crippen LogP contribution in [0, 0.1) is 5.92 Å². The van der Waals surface area contributed by atoms with Crippen molar-refractivity contribution in [3.05, 3.63) is 41.7 Å². The zero-order chi connectivity index (χ0) is 19.1. The summed E-state index contributed by atoms with van der Waals surface area (Å²) in [6.07, 6.45) is 3.88. The van der Waals surface area contributed by atoms with Gasteiger partial charge in [0.2, 0.25) is 5.95 Å². The molecule has 28 heavy (non-hydrogen) atoms. The van der Waals surface area contributed by atoms with E-state index >= 15 is 0 Å². The first-order valence-electron chi connectivity index (χ1n) is 10.7. The smallest absolute Gasteiger partial charge is 0.226 e. The third-order valence-electron chi connectivity index (χ3n) is 6.96. The number of hydrogen-bond donors (Lipinski definition) is 0. The first kappa shape index (κ1) is 18.1. The number of nitrogens with zero attached hydrogens (tertiary/aromatic N) is 5. The molecule has 2 aromatic rings. The Hall–Kier alpha value is -1.92. The Morgan fingerprint density at radius 1 is 1.14 bits per heavy atom. The zero-order valence-electron chi connectivity index (χ0n) is 17.0. The number of ether oxygens (including phenoxy) is 1. The maximum absolute atomic E-state index is 5.86. The van der Waals surface area contributed by atoms with Crippen molar-refractivity contribution in [2.75, 3.05) is 37.7 Å². The highest BCUT2D eigenvalue weighted by molar-refractivity contribution is 5.34. The number of benzene rings is 1. The second-order valence-electron chi connectivity index (χ2n) is 9.08. The number of rotatable bonds is 4. The summed E-state index contributed by atoms with van der Waals surface area (Å²) in [5.41, 5.74) is 1.44. The second kappa shape index (κ2) is 7.16. The van der Waals surface area contributed by atoms with Gasteiger partial charge >= 0.3 is 0 Å². The Morgan fingerprint density at radius 2 is 2.00 bits per heavy atom. The van der Waals surface area contributed by atoms with E-state index in [0.29, 0.717) is 12.0 Å². The quantitative estimate of drug-likeness (QED) is 0.815. The standard InChI is InChI=1S/C22H31N5O/c1-22(10-12-26(16-22)14-17-6-4-3-5-7-17)20-23-24-21(25(20)2)27-11-8-19-18(15-27)9-13-28-19/h3-7,18-19H,8-16H2,1-2H3/t18-,19+,22?/m1/s1. The molecule has 3 aliphatic rings. The lowest BCUT2D eigenvalue weighted by molar-refractivity contribution is 0.0769. The predicted octanol–water partition coefficient (Wildman–Crippen LogP) is 2.59. The third-order valence-corrected chi connectivity index (χ3v) is 6.96. The molecule has 0 N–H and O–H groups in total. The number of aromatic nitrogens is 3.